The molecule has 5 rings (SSSR count). The van der Waals surface area contributed by atoms with Gasteiger partial charge in [0.2, 0.25) is 45.5 Å². The van der Waals surface area contributed by atoms with Crippen molar-refractivity contribution in [2.24, 2.45) is 0 Å². The van der Waals surface area contributed by atoms with Crippen molar-refractivity contribution in [3.05, 3.63) is 88.5 Å². The number of ketones is 5. The summed E-state index contributed by atoms with van der Waals surface area (Å²) in [7, 11) is 0. The third-order valence-electron chi connectivity index (χ3n) is 10.5. The first-order valence-electron chi connectivity index (χ1n) is 17.9. The zero-order chi connectivity index (χ0) is 50.8. The summed E-state index contributed by atoms with van der Waals surface area (Å²) in [6.45, 7) is 0. The Balaban J connectivity index is 2.13. The highest BCUT2D eigenvalue weighted by Gasteiger charge is 2.82. The van der Waals surface area contributed by atoms with Crippen molar-refractivity contribution >= 4 is 35.2 Å². The predicted molar refractivity (Wildman–Crippen MR) is 211 cm³/mol. The standard InChI is InChI=1S/C41H32O26/c42-11-38(64,33(59)13-3-19(45)29(55)20(46)4-13)40(66,35(61)15-7-23(49)31(57)24(50)8-15)41(67,36(62)16-9-25(51)32(58)26(52)10-16)39(65,34(60)14-5-21(47)30(56)22(48)6-14)37(63)27(53)12-1-17(43)28(54)18(44)2-12/h1-11,37,43-52,54-58,63-67H/t37?,38-,39-,40-,41-/m1/s1. The number of rotatable bonds is 15. The molecule has 0 aliphatic heterocycles. The van der Waals surface area contributed by atoms with Gasteiger partial charge in [-0.15, -0.1) is 0 Å². The highest BCUT2D eigenvalue weighted by atomic mass is 16.4. The van der Waals surface area contributed by atoms with Crippen LogP contribution >= 0.6 is 0 Å². The van der Waals surface area contributed by atoms with Crippen LogP contribution in [0.4, 0.5) is 0 Å². The van der Waals surface area contributed by atoms with Crippen LogP contribution in [0.3, 0.4) is 0 Å². The number of Topliss-reactive ketones (excluding diaryl/α,β-unsaturated/α-hetero) is 5. The van der Waals surface area contributed by atoms with Gasteiger partial charge in [0.05, 0.1) is 0 Å². The van der Waals surface area contributed by atoms with Gasteiger partial charge in [-0.3, -0.25) is 28.8 Å². The van der Waals surface area contributed by atoms with Gasteiger partial charge in [0.1, 0.15) is 0 Å². The average Bonchev–Trinajstić information content (AvgIpc) is 3.28. The zero-order valence-corrected chi connectivity index (χ0v) is 32.8. The third-order valence-corrected chi connectivity index (χ3v) is 10.5. The first-order chi connectivity index (χ1) is 30.9. The van der Waals surface area contributed by atoms with Crippen molar-refractivity contribution < 1.29 is 131 Å². The van der Waals surface area contributed by atoms with Gasteiger partial charge in [-0.05, 0) is 60.7 Å². The van der Waals surface area contributed by atoms with E-state index in [1.54, 1.807) is 0 Å². The van der Waals surface area contributed by atoms with Crippen LogP contribution in [0.5, 0.6) is 86.2 Å². The molecule has 20 N–H and O–H groups in total. The Labute approximate surface area is 369 Å². The van der Waals surface area contributed by atoms with Gasteiger partial charge in [-0.25, -0.2) is 0 Å². The molecule has 352 valence electrons. The summed E-state index contributed by atoms with van der Waals surface area (Å²) < 4.78 is 0. The number of hydrogen-bond donors (Lipinski definition) is 20. The number of phenolic OH excluding ortho intramolecular Hbond substituents is 15. The summed E-state index contributed by atoms with van der Waals surface area (Å²) in [6.07, 6.45) is -5.52. The average molecular weight is 941 g/mol. The summed E-state index contributed by atoms with van der Waals surface area (Å²) in [5, 5.41) is 217. The fourth-order valence-corrected chi connectivity index (χ4v) is 6.91. The third kappa shape index (κ3) is 7.15. The molecule has 0 amide bonds. The smallest absolute Gasteiger partial charge is 0.223 e. The number of hydrogen-bond acceptors (Lipinski definition) is 26. The summed E-state index contributed by atoms with van der Waals surface area (Å²) in [6, 6.07) is 0.158. The van der Waals surface area contributed by atoms with E-state index in [2.05, 4.69) is 0 Å². The molecule has 26 heteroatoms. The van der Waals surface area contributed by atoms with E-state index < -0.39 is 178 Å². The molecule has 0 radical (unpaired) electrons. The highest BCUT2D eigenvalue weighted by molar-refractivity contribution is 6.26. The van der Waals surface area contributed by atoms with Crippen molar-refractivity contribution in [1.29, 1.82) is 0 Å². The van der Waals surface area contributed by atoms with Crippen molar-refractivity contribution in [2.45, 2.75) is 28.5 Å². The quantitative estimate of drug-likeness (QED) is 0.0245. The molecule has 0 saturated heterocycles. The lowest BCUT2D eigenvalue weighted by molar-refractivity contribution is -0.236. The first-order valence-corrected chi connectivity index (χ1v) is 17.9. The zero-order valence-electron chi connectivity index (χ0n) is 32.8. The van der Waals surface area contributed by atoms with E-state index in [1.165, 1.54) is 0 Å². The Morgan fingerprint density at radius 1 is 0.358 bits per heavy atom. The van der Waals surface area contributed by atoms with E-state index in [9.17, 15) is 117 Å². The number of phenols is 15. The normalized spacial score (nSPS) is 15.4. The maximum Gasteiger partial charge on any atom is 0.223 e. The van der Waals surface area contributed by atoms with Gasteiger partial charge in [0, 0.05) is 27.8 Å². The van der Waals surface area contributed by atoms with Crippen molar-refractivity contribution in [2.75, 3.05) is 0 Å². The summed E-state index contributed by atoms with van der Waals surface area (Å²) >= 11 is 0. The SMILES string of the molecule is O=C[C@@](O)(C(=O)c1cc(O)c(O)c(O)c1)[C@](O)(C(=O)c1cc(O)c(O)c(O)c1)[C@@](O)(C(=O)c1cc(O)c(O)c(O)c1)[C@@](O)(C(=O)c1cc(O)c(O)c(O)c1)C(O)C(=O)c1cc(O)c(O)c(O)c1. The lowest BCUT2D eigenvalue weighted by Crippen LogP contribution is -2.86. The van der Waals surface area contributed by atoms with E-state index in [1.807, 2.05) is 0 Å². The molecule has 0 aliphatic carbocycles. The van der Waals surface area contributed by atoms with Gasteiger partial charge in [-0.2, -0.15) is 0 Å². The molecule has 67 heavy (non-hydrogen) atoms. The van der Waals surface area contributed by atoms with Crippen LogP contribution < -0.4 is 0 Å². The molecule has 5 aromatic carbocycles. The second kappa shape index (κ2) is 16.5. The second-order valence-electron chi connectivity index (χ2n) is 14.5. The largest absolute Gasteiger partial charge is 0.504 e. The molecule has 0 bridgehead atoms. The van der Waals surface area contributed by atoms with Crippen LogP contribution in [-0.2, 0) is 4.79 Å². The molecule has 26 nitrogen and oxygen atoms in total. The van der Waals surface area contributed by atoms with Crippen LogP contribution in [-0.4, -0.2) is 166 Å². The Kier molecular flexibility index (Phi) is 12.0. The van der Waals surface area contributed by atoms with E-state index >= 15 is 14.4 Å². The lowest BCUT2D eigenvalue weighted by atomic mass is 9.54. The van der Waals surface area contributed by atoms with Crippen molar-refractivity contribution in [1.82, 2.24) is 0 Å². The number of carbonyl (C=O) groups is 6. The van der Waals surface area contributed by atoms with Crippen molar-refractivity contribution in [3.8, 4) is 86.2 Å². The first kappa shape index (κ1) is 48.9. The molecule has 0 heterocycles. The van der Waals surface area contributed by atoms with E-state index in [-0.39, 0.29) is 60.7 Å². The number of aliphatic hydroxyl groups is 5. The molecule has 0 spiro atoms. The number of aromatic hydroxyl groups is 15. The van der Waals surface area contributed by atoms with Gasteiger partial charge >= 0.3 is 0 Å². The second-order valence-corrected chi connectivity index (χ2v) is 14.5. The molecular formula is C41H32O26. The van der Waals surface area contributed by atoms with E-state index in [0.717, 1.165) is 0 Å². The molecule has 0 fully saturated rings. The topological polar surface area (TPSA) is 507 Å². The molecule has 5 aromatic rings. The maximum absolute atomic E-state index is 15.3. The van der Waals surface area contributed by atoms with Gasteiger partial charge in [-0.1, -0.05) is 0 Å². The molecular weight excluding hydrogens is 908 g/mol. The van der Waals surface area contributed by atoms with Crippen LogP contribution in [0.2, 0.25) is 0 Å². The van der Waals surface area contributed by atoms with Crippen LogP contribution in [0.25, 0.3) is 0 Å². The van der Waals surface area contributed by atoms with Crippen LogP contribution in [0.1, 0.15) is 51.8 Å². The minimum Gasteiger partial charge on any atom is -0.504 e. The van der Waals surface area contributed by atoms with Gasteiger partial charge < -0.3 is 102 Å². The summed E-state index contributed by atoms with van der Waals surface area (Å²) in [4.78, 5) is 87.7. The number of aldehydes is 1. The number of benzene rings is 5. The monoisotopic (exact) mass is 940 g/mol. The molecule has 0 saturated carbocycles. The molecule has 1 unspecified atom stereocenters. The van der Waals surface area contributed by atoms with Crippen molar-refractivity contribution in [3.63, 3.8) is 0 Å². The summed E-state index contributed by atoms with van der Waals surface area (Å²) in [5.41, 5.74) is -30.5. The minimum absolute atomic E-state index is 0.00311. The van der Waals surface area contributed by atoms with E-state index in [0.29, 0.717) is 0 Å². The molecule has 0 aliphatic rings. The minimum atomic E-state index is -5.83. The molecule has 0 aromatic heterocycles. The number of carbonyl (C=O) groups excluding carboxylic acids is 6. The Morgan fingerprint density at radius 2 is 0.582 bits per heavy atom. The van der Waals surface area contributed by atoms with Gasteiger partial charge in [0.15, 0.2) is 104 Å². The van der Waals surface area contributed by atoms with E-state index in [4.69, 9.17) is 0 Å². The lowest BCUT2D eigenvalue weighted by Gasteiger charge is -2.53. The number of aliphatic hydroxyl groups excluding tert-OH is 1. The maximum atomic E-state index is 15.3. The molecule has 5 atom stereocenters. The highest BCUT2D eigenvalue weighted by Crippen LogP contribution is 2.52. The fourth-order valence-electron chi connectivity index (χ4n) is 6.91. The van der Waals surface area contributed by atoms with Crippen LogP contribution in [0.15, 0.2) is 60.7 Å². The Hall–Kier alpha value is -9.08. The van der Waals surface area contributed by atoms with Crippen LogP contribution in [0, 0.1) is 0 Å². The summed E-state index contributed by atoms with van der Waals surface area (Å²) in [5.74, 6) is -36.8. The Morgan fingerprint density at radius 3 is 0.851 bits per heavy atom. The van der Waals surface area contributed by atoms with Gasteiger partial charge in [0.25, 0.3) is 0 Å². The predicted octanol–water partition coefficient (Wildman–Crippen LogP) is -1.53. The Bertz CT molecular complexity index is 2860. The fraction of sp³-hybridized carbons (Fsp3) is 0.122.